The smallest absolute Gasteiger partial charge is 0.326 e. The Labute approximate surface area is 195 Å². The van der Waals surface area contributed by atoms with Crippen molar-refractivity contribution in [2.45, 2.75) is 32.9 Å². The number of imide groups is 1. The molecule has 0 aliphatic carbocycles. The van der Waals surface area contributed by atoms with E-state index >= 15 is 0 Å². The minimum atomic E-state index is -0.608. The first-order valence-corrected chi connectivity index (χ1v) is 11.4. The molecule has 0 saturated carbocycles. The van der Waals surface area contributed by atoms with E-state index in [1.54, 1.807) is 25.1 Å². The van der Waals surface area contributed by atoms with Crippen molar-refractivity contribution in [2.75, 3.05) is 6.54 Å². The van der Waals surface area contributed by atoms with Gasteiger partial charge in [-0.05, 0) is 54.9 Å². The zero-order valence-corrected chi connectivity index (χ0v) is 19.1. The molecule has 6 nitrogen and oxygen atoms in total. The lowest BCUT2D eigenvalue weighted by Gasteiger charge is -2.14. The fourth-order valence-electron chi connectivity index (χ4n) is 3.56. The summed E-state index contributed by atoms with van der Waals surface area (Å²) >= 11 is 0.806. The number of carbonyl (C=O) groups excluding carboxylic acids is 3. The van der Waals surface area contributed by atoms with E-state index in [9.17, 15) is 18.8 Å². The van der Waals surface area contributed by atoms with Gasteiger partial charge in [-0.15, -0.1) is 0 Å². The lowest BCUT2D eigenvalue weighted by molar-refractivity contribution is -0.150. The second-order valence-electron chi connectivity index (χ2n) is 7.83. The predicted octanol–water partition coefficient (Wildman–Crippen LogP) is 5.21. The van der Waals surface area contributed by atoms with Gasteiger partial charge in [-0.1, -0.05) is 37.3 Å². The van der Waals surface area contributed by atoms with Crippen LogP contribution in [0.4, 0.5) is 9.18 Å². The number of fused-ring (bicyclic) bond motifs is 1. The lowest BCUT2D eigenvalue weighted by Crippen LogP contribution is -2.35. The van der Waals surface area contributed by atoms with Crippen molar-refractivity contribution >= 4 is 45.9 Å². The largest absolute Gasteiger partial charge is 0.461 e. The first-order chi connectivity index (χ1) is 15.9. The number of para-hydroxylation sites is 1. The number of esters is 1. The lowest BCUT2D eigenvalue weighted by atomic mass is 10.1. The number of thioether (sulfide) groups is 1. The summed E-state index contributed by atoms with van der Waals surface area (Å²) in [6.07, 6.45) is 3.95. The minimum absolute atomic E-state index is 0.251. The fraction of sp³-hybridized carbons (Fsp3) is 0.240. The molecule has 1 atom stereocenters. The second kappa shape index (κ2) is 9.62. The van der Waals surface area contributed by atoms with Gasteiger partial charge in [0.15, 0.2) is 0 Å². The molecule has 1 aromatic heterocycles. The molecule has 0 spiro atoms. The Kier molecular flexibility index (Phi) is 6.65. The van der Waals surface area contributed by atoms with Crippen molar-refractivity contribution in [3.63, 3.8) is 0 Å². The van der Waals surface area contributed by atoms with Crippen LogP contribution in [0.1, 0.15) is 31.4 Å². The summed E-state index contributed by atoms with van der Waals surface area (Å²) in [7, 11) is 0. The first-order valence-electron chi connectivity index (χ1n) is 10.6. The quantitative estimate of drug-likeness (QED) is 0.353. The van der Waals surface area contributed by atoms with Gasteiger partial charge >= 0.3 is 5.97 Å². The average Bonchev–Trinajstić information content (AvgIpc) is 3.27. The SMILES string of the molecule is CC[C@@H](C)OC(=O)CN1C(=O)S/C(=C\c2cn(Cc3ccc(F)cc3)c3ccccc23)C1=O. The molecule has 8 heteroatoms. The van der Waals surface area contributed by atoms with E-state index in [4.69, 9.17) is 4.74 Å². The highest BCUT2D eigenvalue weighted by molar-refractivity contribution is 8.18. The highest BCUT2D eigenvalue weighted by Gasteiger charge is 2.37. The molecule has 0 N–H and O–H groups in total. The van der Waals surface area contributed by atoms with Crippen molar-refractivity contribution in [2.24, 2.45) is 0 Å². The molecule has 1 aliphatic rings. The van der Waals surface area contributed by atoms with Gasteiger partial charge in [0, 0.05) is 29.2 Å². The summed E-state index contributed by atoms with van der Waals surface area (Å²) < 4.78 is 20.5. The van der Waals surface area contributed by atoms with Crippen LogP contribution in [-0.4, -0.2) is 39.2 Å². The van der Waals surface area contributed by atoms with E-state index in [2.05, 4.69) is 0 Å². The normalized spacial score (nSPS) is 16.1. The monoisotopic (exact) mass is 466 g/mol. The highest BCUT2D eigenvalue weighted by atomic mass is 32.2. The van der Waals surface area contributed by atoms with Gasteiger partial charge in [0.2, 0.25) is 0 Å². The molecular weight excluding hydrogens is 443 g/mol. The Morgan fingerprint density at radius 2 is 1.88 bits per heavy atom. The Hall–Kier alpha value is -3.39. The summed E-state index contributed by atoms with van der Waals surface area (Å²) in [5.74, 6) is -1.41. The maximum absolute atomic E-state index is 13.3. The molecule has 170 valence electrons. The standard InChI is InChI=1S/C25H23FN2O4S/c1-3-16(2)32-23(29)15-28-24(30)22(33-25(28)31)12-18-14-27(21-7-5-4-6-20(18)21)13-17-8-10-19(26)11-9-17/h4-12,14,16H,3,13,15H2,1-2H3/b22-12-/t16-/m1/s1. The van der Waals surface area contributed by atoms with Gasteiger partial charge in [0.1, 0.15) is 12.4 Å². The Morgan fingerprint density at radius 1 is 1.15 bits per heavy atom. The number of carbonyl (C=O) groups is 3. The summed E-state index contributed by atoms with van der Waals surface area (Å²) in [4.78, 5) is 38.5. The molecule has 0 radical (unpaired) electrons. The highest BCUT2D eigenvalue weighted by Crippen LogP contribution is 2.34. The van der Waals surface area contributed by atoms with Gasteiger partial charge in [0.05, 0.1) is 11.0 Å². The van der Waals surface area contributed by atoms with E-state index in [1.165, 1.54) is 12.1 Å². The summed E-state index contributed by atoms with van der Waals surface area (Å²) in [6, 6.07) is 14.0. The van der Waals surface area contributed by atoms with Crippen molar-refractivity contribution in [1.82, 2.24) is 9.47 Å². The number of nitrogens with zero attached hydrogens (tertiary/aromatic N) is 2. The molecule has 2 heterocycles. The van der Waals surface area contributed by atoms with Crippen LogP contribution in [-0.2, 0) is 20.9 Å². The van der Waals surface area contributed by atoms with Crippen molar-refractivity contribution < 1.29 is 23.5 Å². The van der Waals surface area contributed by atoms with E-state index in [0.717, 1.165) is 38.7 Å². The molecule has 1 fully saturated rings. The Balaban J connectivity index is 1.60. The van der Waals surface area contributed by atoms with Gasteiger partial charge in [-0.2, -0.15) is 0 Å². The topological polar surface area (TPSA) is 68.6 Å². The van der Waals surface area contributed by atoms with Crippen LogP contribution < -0.4 is 0 Å². The molecule has 0 bridgehead atoms. The number of benzene rings is 2. The Morgan fingerprint density at radius 3 is 2.61 bits per heavy atom. The van der Waals surface area contributed by atoms with Crippen molar-refractivity contribution in [3.05, 3.63) is 76.6 Å². The van der Waals surface area contributed by atoms with Crippen molar-refractivity contribution in [3.8, 4) is 0 Å². The van der Waals surface area contributed by atoms with E-state index in [0.29, 0.717) is 13.0 Å². The predicted molar refractivity (Wildman–Crippen MR) is 126 cm³/mol. The van der Waals surface area contributed by atoms with Crippen LogP contribution in [0.3, 0.4) is 0 Å². The molecule has 1 saturated heterocycles. The van der Waals surface area contributed by atoms with Crippen LogP contribution in [0.25, 0.3) is 17.0 Å². The molecule has 3 aromatic rings. The summed E-state index contributed by atoms with van der Waals surface area (Å²) in [6.45, 7) is 3.76. The maximum Gasteiger partial charge on any atom is 0.326 e. The van der Waals surface area contributed by atoms with E-state index < -0.39 is 23.7 Å². The number of hydrogen-bond donors (Lipinski definition) is 0. The molecule has 0 unspecified atom stereocenters. The van der Waals surface area contributed by atoms with E-state index in [1.807, 2.05) is 42.0 Å². The van der Waals surface area contributed by atoms with Gasteiger partial charge in [0.25, 0.3) is 11.1 Å². The van der Waals surface area contributed by atoms with E-state index in [-0.39, 0.29) is 16.8 Å². The number of halogens is 1. The zero-order valence-electron chi connectivity index (χ0n) is 18.3. The molecule has 2 aromatic carbocycles. The Bertz CT molecular complexity index is 1250. The molecule has 2 amide bonds. The minimum Gasteiger partial charge on any atom is -0.461 e. The third-order valence-corrected chi connectivity index (χ3v) is 6.35. The zero-order chi connectivity index (χ0) is 23.5. The molecule has 1 aliphatic heterocycles. The van der Waals surface area contributed by atoms with Crippen LogP contribution in [0.5, 0.6) is 0 Å². The van der Waals surface area contributed by atoms with Crippen molar-refractivity contribution in [1.29, 1.82) is 0 Å². The number of ether oxygens (including phenoxy) is 1. The van der Waals surface area contributed by atoms with Crippen LogP contribution in [0.2, 0.25) is 0 Å². The van der Waals surface area contributed by atoms with Gasteiger partial charge in [-0.3, -0.25) is 19.3 Å². The fourth-order valence-corrected chi connectivity index (χ4v) is 4.39. The first kappa shape index (κ1) is 22.8. The average molecular weight is 467 g/mol. The molecular formula is C25H23FN2O4S. The van der Waals surface area contributed by atoms with Crippen LogP contribution in [0.15, 0.2) is 59.6 Å². The number of rotatable bonds is 7. The van der Waals surface area contributed by atoms with Crippen LogP contribution >= 0.6 is 11.8 Å². The second-order valence-corrected chi connectivity index (χ2v) is 8.83. The molecule has 33 heavy (non-hydrogen) atoms. The van der Waals surface area contributed by atoms with Gasteiger partial charge < -0.3 is 9.30 Å². The number of amides is 2. The molecule has 4 rings (SSSR count). The third kappa shape index (κ3) is 5.01. The maximum atomic E-state index is 13.3. The van der Waals surface area contributed by atoms with Crippen LogP contribution in [0, 0.1) is 5.82 Å². The summed E-state index contributed by atoms with van der Waals surface area (Å²) in [5, 5.41) is 0.421. The van der Waals surface area contributed by atoms with Gasteiger partial charge in [-0.25, -0.2) is 4.39 Å². The number of hydrogen-bond acceptors (Lipinski definition) is 5. The summed E-state index contributed by atoms with van der Waals surface area (Å²) in [5.41, 5.74) is 2.66. The number of aromatic nitrogens is 1. The third-order valence-electron chi connectivity index (χ3n) is 5.44.